The van der Waals surface area contributed by atoms with Crippen LogP contribution < -0.4 is 26.4 Å². The van der Waals surface area contributed by atoms with Gasteiger partial charge in [0.2, 0.25) is 11.9 Å². The second-order valence-electron chi connectivity index (χ2n) is 7.99. The first-order valence-electron chi connectivity index (χ1n) is 11.2. The van der Waals surface area contributed by atoms with Gasteiger partial charge in [0.25, 0.3) is 5.56 Å². The van der Waals surface area contributed by atoms with E-state index >= 15 is 0 Å². The summed E-state index contributed by atoms with van der Waals surface area (Å²) in [4.78, 5) is 39.9. The molecular weight excluding hydrogens is 444 g/mol. The molecule has 0 bridgehead atoms. The molecule has 2 aromatic heterocycles. The number of aromatic nitrogens is 4. The van der Waals surface area contributed by atoms with E-state index < -0.39 is 0 Å². The van der Waals surface area contributed by atoms with Crippen LogP contribution in [0.25, 0.3) is 16.9 Å². The van der Waals surface area contributed by atoms with Crippen LogP contribution in [-0.4, -0.2) is 51.6 Å². The van der Waals surface area contributed by atoms with E-state index in [2.05, 4.69) is 54.5 Å². The molecule has 1 saturated heterocycles. The molecule has 0 saturated carbocycles. The number of hydrogen-bond acceptors (Lipinski definition) is 8. The Kier molecular flexibility index (Phi) is 6.18. The van der Waals surface area contributed by atoms with E-state index in [1.165, 1.54) is 16.8 Å². The molecule has 5 rings (SSSR count). The molecule has 3 N–H and O–H groups in total. The van der Waals surface area contributed by atoms with Crippen molar-refractivity contribution in [1.82, 2.24) is 24.8 Å². The minimum Gasteiger partial charge on any atom is -0.369 e. The molecule has 1 aliphatic rings. The third kappa shape index (κ3) is 4.87. The molecule has 0 atom stereocenters. The zero-order valence-corrected chi connectivity index (χ0v) is 18.9. The van der Waals surface area contributed by atoms with E-state index in [0.717, 1.165) is 37.6 Å². The molecule has 10 heteroatoms. The maximum atomic E-state index is 12.8. The molecule has 0 aliphatic carbocycles. The number of amides is 1. The van der Waals surface area contributed by atoms with Crippen molar-refractivity contribution >= 4 is 40.1 Å². The Balaban J connectivity index is 1.46. The molecule has 0 spiro atoms. The van der Waals surface area contributed by atoms with Crippen molar-refractivity contribution in [3.63, 3.8) is 0 Å². The summed E-state index contributed by atoms with van der Waals surface area (Å²) in [5, 5.41) is 9.26. The van der Waals surface area contributed by atoms with E-state index in [1.807, 2.05) is 12.1 Å². The number of hydrogen-bond donors (Lipinski definition) is 3. The smallest absolute Gasteiger partial charge is 0.275 e. The van der Waals surface area contributed by atoms with Crippen LogP contribution in [0.4, 0.5) is 23.0 Å². The molecule has 1 aliphatic heterocycles. The van der Waals surface area contributed by atoms with Crippen LogP contribution in [0.5, 0.6) is 0 Å². The molecule has 2 aromatic carbocycles. The molecule has 1 amide bonds. The van der Waals surface area contributed by atoms with Crippen molar-refractivity contribution in [3.05, 3.63) is 83.9 Å². The Labute approximate surface area is 201 Å². The van der Waals surface area contributed by atoms with Crippen LogP contribution in [-0.2, 0) is 4.79 Å². The van der Waals surface area contributed by atoms with Gasteiger partial charge in [0, 0.05) is 43.2 Å². The Bertz CT molecular complexity index is 1440. The van der Waals surface area contributed by atoms with Gasteiger partial charge in [-0.05, 0) is 48.5 Å². The summed E-state index contributed by atoms with van der Waals surface area (Å²) in [6.45, 7) is 7.36. The summed E-state index contributed by atoms with van der Waals surface area (Å²) >= 11 is 0. The summed E-state index contributed by atoms with van der Waals surface area (Å²) in [5.41, 5.74) is 3.52. The molecule has 0 radical (unpaired) electrons. The van der Waals surface area contributed by atoms with Crippen molar-refractivity contribution in [2.24, 2.45) is 0 Å². The predicted octanol–water partition coefficient (Wildman–Crippen LogP) is 2.45. The second kappa shape index (κ2) is 9.74. The highest BCUT2D eigenvalue weighted by atomic mass is 16.1. The van der Waals surface area contributed by atoms with E-state index in [1.54, 1.807) is 30.5 Å². The first-order chi connectivity index (χ1) is 17.1. The van der Waals surface area contributed by atoms with E-state index in [9.17, 15) is 9.59 Å². The summed E-state index contributed by atoms with van der Waals surface area (Å²) < 4.78 is 1.44. The molecular formula is C25H24N8O2. The molecule has 35 heavy (non-hydrogen) atoms. The number of anilines is 4. The van der Waals surface area contributed by atoms with Gasteiger partial charge in [-0.25, -0.2) is 9.97 Å². The average Bonchev–Trinajstić information content (AvgIpc) is 2.89. The Morgan fingerprint density at radius 1 is 1.00 bits per heavy atom. The summed E-state index contributed by atoms with van der Waals surface area (Å²) in [6, 6.07) is 15.0. The van der Waals surface area contributed by atoms with Crippen LogP contribution in [0.3, 0.4) is 0 Å². The Morgan fingerprint density at radius 3 is 2.57 bits per heavy atom. The van der Waals surface area contributed by atoms with Gasteiger partial charge in [0.1, 0.15) is 5.52 Å². The van der Waals surface area contributed by atoms with Crippen LogP contribution in [0.2, 0.25) is 0 Å². The van der Waals surface area contributed by atoms with Gasteiger partial charge in [-0.15, -0.1) is 0 Å². The second-order valence-corrected chi connectivity index (χ2v) is 7.99. The lowest BCUT2D eigenvalue weighted by atomic mass is 10.2. The standard InChI is InChI=1S/C25H24N8O2/c1-2-22(34)29-18-4-3-5-20(14-18)33-23(35)16-27-21-15-28-25(31-24(21)33)30-17-6-8-19(9-7-17)32-12-10-26-11-13-32/h2-9,14-16,26H,1,10-13H2,(H,29,34)(H,28,30,31). The highest BCUT2D eigenvalue weighted by Gasteiger charge is 2.13. The number of nitrogens with one attached hydrogen (secondary N) is 3. The van der Waals surface area contributed by atoms with Crippen molar-refractivity contribution in [2.45, 2.75) is 0 Å². The third-order valence-corrected chi connectivity index (χ3v) is 5.66. The number of carbonyl (C=O) groups is 1. The van der Waals surface area contributed by atoms with Gasteiger partial charge in [0.15, 0.2) is 5.65 Å². The fourth-order valence-electron chi connectivity index (χ4n) is 3.94. The van der Waals surface area contributed by atoms with Crippen LogP contribution in [0.1, 0.15) is 0 Å². The van der Waals surface area contributed by atoms with Gasteiger partial charge in [-0.2, -0.15) is 4.98 Å². The van der Waals surface area contributed by atoms with Crippen LogP contribution in [0.15, 0.2) is 78.4 Å². The Hall–Kier alpha value is -4.57. The average molecular weight is 469 g/mol. The van der Waals surface area contributed by atoms with Gasteiger partial charge >= 0.3 is 0 Å². The minimum atomic E-state index is -0.352. The topological polar surface area (TPSA) is 117 Å². The monoisotopic (exact) mass is 468 g/mol. The lowest BCUT2D eigenvalue weighted by molar-refractivity contribution is -0.111. The molecule has 10 nitrogen and oxygen atoms in total. The zero-order chi connectivity index (χ0) is 24.2. The zero-order valence-electron chi connectivity index (χ0n) is 18.9. The van der Waals surface area contributed by atoms with E-state index in [4.69, 9.17) is 0 Å². The molecule has 3 heterocycles. The number of piperazine rings is 1. The Morgan fingerprint density at radius 2 is 1.80 bits per heavy atom. The highest BCUT2D eigenvalue weighted by molar-refractivity contribution is 5.99. The molecule has 176 valence electrons. The first-order valence-corrected chi connectivity index (χ1v) is 11.2. The number of nitrogens with zero attached hydrogens (tertiary/aromatic N) is 5. The fraction of sp³-hybridized carbons (Fsp3) is 0.160. The third-order valence-electron chi connectivity index (χ3n) is 5.66. The molecule has 1 fully saturated rings. The molecule has 4 aromatic rings. The highest BCUT2D eigenvalue weighted by Crippen LogP contribution is 2.22. The largest absolute Gasteiger partial charge is 0.369 e. The van der Waals surface area contributed by atoms with Gasteiger partial charge in [-0.1, -0.05) is 12.6 Å². The summed E-state index contributed by atoms with van der Waals surface area (Å²) in [6.07, 6.45) is 3.98. The number of benzene rings is 2. The lowest BCUT2D eigenvalue weighted by Gasteiger charge is -2.29. The summed E-state index contributed by atoms with van der Waals surface area (Å²) in [7, 11) is 0. The maximum absolute atomic E-state index is 12.8. The van der Waals surface area contributed by atoms with Gasteiger partial charge in [0.05, 0.1) is 18.1 Å². The van der Waals surface area contributed by atoms with E-state index in [-0.39, 0.29) is 11.5 Å². The van der Waals surface area contributed by atoms with Crippen LogP contribution >= 0.6 is 0 Å². The van der Waals surface area contributed by atoms with Crippen molar-refractivity contribution < 1.29 is 4.79 Å². The first kappa shape index (κ1) is 22.2. The summed E-state index contributed by atoms with van der Waals surface area (Å²) in [5.74, 6) is -0.00412. The SMILES string of the molecule is C=CC(=O)Nc1cccc(-n2c(=O)cnc3cnc(Nc4ccc(N5CCNCC5)cc4)nc32)c1. The number of fused-ring (bicyclic) bond motifs is 1. The van der Waals surface area contributed by atoms with E-state index in [0.29, 0.717) is 28.5 Å². The van der Waals surface area contributed by atoms with Gasteiger partial charge < -0.3 is 20.9 Å². The number of carbonyl (C=O) groups excluding carboxylic acids is 1. The fourth-order valence-corrected chi connectivity index (χ4v) is 3.94. The van der Waals surface area contributed by atoms with Gasteiger partial charge in [-0.3, -0.25) is 14.2 Å². The van der Waals surface area contributed by atoms with Crippen molar-refractivity contribution in [2.75, 3.05) is 41.7 Å². The maximum Gasteiger partial charge on any atom is 0.275 e. The normalized spacial score (nSPS) is 13.4. The minimum absolute atomic E-state index is 0.338. The van der Waals surface area contributed by atoms with Crippen LogP contribution in [0, 0.1) is 0 Å². The molecule has 0 unspecified atom stereocenters. The van der Waals surface area contributed by atoms with Crippen molar-refractivity contribution in [3.8, 4) is 5.69 Å². The van der Waals surface area contributed by atoms with Crippen molar-refractivity contribution in [1.29, 1.82) is 0 Å². The lowest BCUT2D eigenvalue weighted by Crippen LogP contribution is -2.43. The predicted molar refractivity (Wildman–Crippen MR) is 137 cm³/mol. The quantitative estimate of drug-likeness (QED) is 0.370. The number of rotatable bonds is 6.